The fourth-order valence-electron chi connectivity index (χ4n) is 3.12. The van der Waals surface area contributed by atoms with Crippen molar-refractivity contribution in [2.24, 2.45) is 11.8 Å². The van der Waals surface area contributed by atoms with Crippen molar-refractivity contribution in [1.82, 2.24) is 0 Å². The minimum atomic E-state index is -0.296. The lowest BCUT2D eigenvalue weighted by Gasteiger charge is -2.26. The van der Waals surface area contributed by atoms with Crippen LogP contribution in [0, 0.1) is 46.5 Å². The van der Waals surface area contributed by atoms with E-state index in [4.69, 9.17) is 0 Å². The third kappa shape index (κ3) is 2.09. The summed E-state index contributed by atoms with van der Waals surface area (Å²) in [5.74, 6) is 1.13. The van der Waals surface area contributed by atoms with Crippen LogP contribution in [0.2, 0.25) is 0 Å². The Labute approximate surface area is 111 Å². The Hall–Kier alpha value is -0.820. The lowest BCUT2D eigenvalue weighted by atomic mass is 9.82. The van der Waals surface area contributed by atoms with E-state index in [0.717, 1.165) is 5.92 Å². The van der Waals surface area contributed by atoms with Crippen LogP contribution in [0.3, 0.4) is 0 Å². The van der Waals surface area contributed by atoms with E-state index in [2.05, 4.69) is 41.5 Å². The van der Waals surface area contributed by atoms with E-state index in [1.165, 1.54) is 46.2 Å². The monoisotopic (exact) mass is 246 g/mol. The van der Waals surface area contributed by atoms with Gasteiger partial charge in [0.1, 0.15) is 0 Å². The molecule has 2 atom stereocenters. The molecule has 0 amide bonds. The average Bonchev–Trinajstić information content (AvgIpc) is 3.17. The second-order valence-electron chi connectivity index (χ2n) is 6.18. The normalized spacial score (nSPS) is 18.8. The molecule has 0 spiro atoms. The van der Waals surface area contributed by atoms with E-state index in [9.17, 15) is 5.11 Å². The summed E-state index contributed by atoms with van der Waals surface area (Å²) in [5.41, 5.74) is 7.83. The highest BCUT2D eigenvalue weighted by Gasteiger charge is 2.34. The molecule has 1 saturated carbocycles. The molecule has 18 heavy (non-hydrogen) atoms. The molecule has 2 unspecified atom stereocenters. The molecule has 1 aromatic carbocycles. The van der Waals surface area contributed by atoms with Crippen molar-refractivity contribution in [2.45, 2.75) is 60.5 Å². The minimum absolute atomic E-state index is 0.296. The second-order valence-corrected chi connectivity index (χ2v) is 6.18. The number of benzene rings is 1. The third-order valence-corrected chi connectivity index (χ3v) is 5.22. The van der Waals surface area contributed by atoms with E-state index >= 15 is 0 Å². The molecule has 0 aromatic heterocycles. The van der Waals surface area contributed by atoms with Crippen molar-refractivity contribution < 1.29 is 5.11 Å². The molecule has 1 aromatic rings. The standard InChI is InChI=1S/C17H26O/c1-9-10(2)12(4)16(13(5)11(9)3)17(18)14(6)15-7-8-15/h14-15,17-18H,7-8H2,1-6H3. The summed E-state index contributed by atoms with van der Waals surface area (Å²) in [5, 5.41) is 10.7. The molecule has 0 saturated heterocycles. The van der Waals surface area contributed by atoms with E-state index in [1.807, 2.05) is 0 Å². The molecule has 0 heterocycles. The van der Waals surface area contributed by atoms with Crippen LogP contribution in [0.25, 0.3) is 0 Å². The molecule has 100 valence electrons. The third-order valence-electron chi connectivity index (χ3n) is 5.22. The molecular formula is C17H26O. The lowest BCUT2D eigenvalue weighted by molar-refractivity contribution is 0.104. The van der Waals surface area contributed by atoms with E-state index in [1.54, 1.807) is 0 Å². The van der Waals surface area contributed by atoms with Crippen LogP contribution in [-0.4, -0.2) is 5.11 Å². The molecule has 0 aliphatic heterocycles. The molecule has 0 bridgehead atoms. The number of rotatable bonds is 3. The maximum atomic E-state index is 10.7. The van der Waals surface area contributed by atoms with Crippen LogP contribution >= 0.6 is 0 Å². The highest BCUT2D eigenvalue weighted by molar-refractivity contribution is 5.50. The lowest BCUT2D eigenvalue weighted by Crippen LogP contribution is -2.16. The van der Waals surface area contributed by atoms with Crippen molar-refractivity contribution in [3.05, 3.63) is 33.4 Å². The predicted octanol–water partition coefficient (Wildman–Crippen LogP) is 4.31. The fourth-order valence-corrected chi connectivity index (χ4v) is 3.12. The molecule has 0 radical (unpaired) electrons. The van der Waals surface area contributed by atoms with Crippen molar-refractivity contribution in [2.75, 3.05) is 0 Å². The molecule has 1 aliphatic rings. The van der Waals surface area contributed by atoms with Crippen LogP contribution in [0.15, 0.2) is 0 Å². The van der Waals surface area contributed by atoms with Crippen molar-refractivity contribution in [3.63, 3.8) is 0 Å². The van der Waals surface area contributed by atoms with Crippen LogP contribution in [0.5, 0.6) is 0 Å². The van der Waals surface area contributed by atoms with Crippen molar-refractivity contribution in [1.29, 1.82) is 0 Å². The Morgan fingerprint density at radius 3 is 1.61 bits per heavy atom. The first-order valence-corrected chi connectivity index (χ1v) is 7.11. The zero-order chi connectivity index (χ0) is 13.6. The quantitative estimate of drug-likeness (QED) is 0.842. The van der Waals surface area contributed by atoms with Gasteiger partial charge in [-0.1, -0.05) is 6.92 Å². The van der Waals surface area contributed by atoms with Gasteiger partial charge >= 0.3 is 0 Å². The van der Waals surface area contributed by atoms with E-state index in [0.29, 0.717) is 5.92 Å². The number of aliphatic hydroxyl groups excluding tert-OH is 1. The number of hydrogen-bond acceptors (Lipinski definition) is 1. The number of aliphatic hydroxyl groups is 1. The van der Waals surface area contributed by atoms with Gasteiger partial charge < -0.3 is 5.11 Å². The topological polar surface area (TPSA) is 20.2 Å². The number of hydrogen-bond donors (Lipinski definition) is 1. The van der Waals surface area contributed by atoms with Gasteiger partial charge in [0, 0.05) is 0 Å². The predicted molar refractivity (Wildman–Crippen MR) is 77.0 cm³/mol. The summed E-state index contributed by atoms with van der Waals surface area (Å²) >= 11 is 0. The molecule has 1 N–H and O–H groups in total. The average molecular weight is 246 g/mol. The Bertz CT molecular complexity index is 440. The van der Waals surface area contributed by atoms with Crippen LogP contribution in [0.1, 0.15) is 59.3 Å². The maximum Gasteiger partial charge on any atom is 0.0823 e. The highest BCUT2D eigenvalue weighted by Crippen LogP contribution is 2.44. The molecular weight excluding hydrogens is 220 g/mol. The van der Waals surface area contributed by atoms with Gasteiger partial charge in [0.25, 0.3) is 0 Å². The molecule has 1 heteroatoms. The molecule has 1 nitrogen and oxygen atoms in total. The first kappa shape index (κ1) is 13.6. The Morgan fingerprint density at radius 1 is 0.833 bits per heavy atom. The summed E-state index contributed by atoms with van der Waals surface area (Å²) in [4.78, 5) is 0. The van der Waals surface area contributed by atoms with Crippen molar-refractivity contribution in [3.8, 4) is 0 Å². The van der Waals surface area contributed by atoms with Crippen LogP contribution < -0.4 is 0 Å². The zero-order valence-electron chi connectivity index (χ0n) is 12.6. The Balaban J connectivity index is 2.49. The largest absolute Gasteiger partial charge is 0.388 e. The Morgan fingerprint density at radius 2 is 1.22 bits per heavy atom. The van der Waals surface area contributed by atoms with Crippen LogP contribution in [0.4, 0.5) is 0 Å². The van der Waals surface area contributed by atoms with Gasteiger partial charge in [0.15, 0.2) is 0 Å². The molecule has 1 fully saturated rings. The highest BCUT2D eigenvalue weighted by atomic mass is 16.3. The summed E-state index contributed by atoms with van der Waals surface area (Å²) in [7, 11) is 0. The summed E-state index contributed by atoms with van der Waals surface area (Å²) in [6, 6.07) is 0. The first-order valence-electron chi connectivity index (χ1n) is 7.11. The van der Waals surface area contributed by atoms with Crippen molar-refractivity contribution >= 4 is 0 Å². The van der Waals surface area contributed by atoms with Gasteiger partial charge in [-0.15, -0.1) is 0 Å². The molecule has 1 aliphatic carbocycles. The maximum absolute atomic E-state index is 10.7. The van der Waals surface area contributed by atoms with E-state index in [-0.39, 0.29) is 6.10 Å². The van der Waals surface area contributed by atoms with Gasteiger partial charge in [-0.3, -0.25) is 0 Å². The minimum Gasteiger partial charge on any atom is -0.388 e. The molecule has 2 rings (SSSR count). The van der Waals surface area contributed by atoms with Gasteiger partial charge in [0.05, 0.1) is 6.10 Å². The van der Waals surface area contributed by atoms with Gasteiger partial charge in [-0.25, -0.2) is 0 Å². The SMILES string of the molecule is Cc1c(C)c(C)c(C(O)C(C)C2CC2)c(C)c1C. The first-order chi connectivity index (χ1) is 8.36. The zero-order valence-corrected chi connectivity index (χ0v) is 12.6. The summed E-state index contributed by atoms with van der Waals surface area (Å²) in [6.07, 6.45) is 2.29. The van der Waals surface area contributed by atoms with Gasteiger partial charge in [-0.05, 0) is 92.7 Å². The Kier molecular flexibility index (Phi) is 3.55. The van der Waals surface area contributed by atoms with E-state index < -0.39 is 0 Å². The van der Waals surface area contributed by atoms with Gasteiger partial charge in [0.2, 0.25) is 0 Å². The second kappa shape index (κ2) is 4.70. The smallest absolute Gasteiger partial charge is 0.0823 e. The van der Waals surface area contributed by atoms with Gasteiger partial charge in [-0.2, -0.15) is 0 Å². The fraction of sp³-hybridized carbons (Fsp3) is 0.647. The summed E-state index contributed by atoms with van der Waals surface area (Å²) in [6.45, 7) is 13.1. The summed E-state index contributed by atoms with van der Waals surface area (Å²) < 4.78 is 0. The van der Waals surface area contributed by atoms with Crippen LogP contribution in [-0.2, 0) is 0 Å².